The van der Waals surface area contributed by atoms with E-state index in [0.717, 1.165) is 5.56 Å². The van der Waals surface area contributed by atoms with Crippen molar-refractivity contribution in [2.45, 2.75) is 19.5 Å². The Labute approximate surface area is 163 Å². The fourth-order valence-electron chi connectivity index (χ4n) is 3.20. The van der Waals surface area contributed by atoms with Crippen LogP contribution in [0.1, 0.15) is 22.8 Å². The summed E-state index contributed by atoms with van der Waals surface area (Å²) in [5, 5.41) is 2.69. The number of methoxy groups -OCH3 is 1. The summed E-state index contributed by atoms with van der Waals surface area (Å²) in [7, 11) is 1.44. The second kappa shape index (κ2) is 8.88. The molecule has 1 fully saturated rings. The molecular weight excluding hydrogens is 365 g/mol. The van der Waals surface area contributed by atoms with Crippen molar-refractivity contribution in [1.29, 1.82) is 0 Å². The van der Waals surface area contributed by atoms with E-state index in [2.05, 4.69) is 10.2 Å². The quantitative estimate of drug-likeness (QED) is 0.817. The minimum Gasteiger partial charge on any atom is -0.494 e. The highest BCUT2D eigenvalue weighted by molar-refractivity contribution is 5.97. The van der Waals surface area contributed by atoms with Crippen LogP contribution in [-0.4, -0.2) is 60.9 Å². The number of nitrogens with one attached hydrogen (secondary N) is 1. The SMILES string of the molecule is COc1ccc(CN2CCN(C(=O)[C@H](C)NC(=O)c3ccoc3)CC2)cc1F. The van der Waals surface area contributed by atoms with Crippen molar-refractivity contribution in [2.24, 2.45) is 0 Å². The first-order valence-electron chi connectivity index (χ1n) is 9.14. The number of halogens is 1. The number of hydrogen-bond donors (Lipinski definition) is 1. The predicted molar refractivity (Wildman–Crippen MR) is 100 cm³/mol. The molecule has 28 heavy (non-hydrogen) atoms. The van der Waals surface area contributed by atoms with Gasteiger partial charge in [0.05, 0.1) is 18.9 Å². The smallest absolute Gasteiger partial charge is 0.255 e. The fourth-order valence-corrected chi connectivity index (χ4v) is 3.20. The number of carbonyl (C=O) groups excluding carboxylic acids is 2. The second-order valence-electron chi connectivity index (χ2n) is 6.78. The summed E-state index contributed by atoms with van der Waals surface area (Å²) >= 11 is 0. The highest BCUT2D eigenvalue weighted by atomic mass is 19.1. The van der Waals surface area contributed by atoms with E-state index in [-0.39, 0.29) is 23.4 Å². The number of carbonyl (C=O) groups is 2. The Kier molecular flexibility index (Phi) is 6.30. The van der Waals surface area contributed by atoms with Gasteiger partial charge in [-0.15, -0.1) is 0 Å². The molecule has 0 spiro atoms. The van der Waals surface area contributed by atoms with E-state index in [1.54, 1.807) is 24.0 Å². The molecular formula is C20H24FN3O4. The highest BCUT2D eigenvalue weighted by Crippen LogP contribution is 2.19. The monoisotopic (exact) mass is 389 g/mol. The third-order valence-corrected chi connectivity index (χ3v) is 4.81. The Balaban J connectivity index is 1.48. The molecule has 0 bridgehead atoms. The minimum absolute atomic E-state index is 0.119. The fraction of sp³-hybridized carbons (Fsp3) is 0.400. The van der Waals surface area contributed by atoms with Gasteiger partial charge < -0.3 is 19.4 Å². The number of nitrogens with zero attached hydrogens (tertiary/aromatic N) is 2. The highest BCUT2D eigenvalue weighted by Gasteiger charge is 2.26. The summed E-state index contributed by atoms with van der Waals surface area (Å²) in [6.07, 6.45) is 2.75. The molecule has 7 nitrogen and oxygen atoms in total. The van der Waals surface area contributed by atoms with Gasteiger partial charge in [0, 0.05) is 32.7 Å². The number of piperazine rings is 1. The standard InChI is InChI=1S/C20H24FN3O4/c1-14(22-19(25)16-5-10-28-13-16)20(26)24-8-6-23(7-9-24)12-15-3-4-18(27-2)17(21)11-15/h3-5,10-11,13-14H,6-9,12H2,1-2H3,(H,22,25)/t14-/m0/s1. The Morgan fingerprint density at radius 3 is 2.61 bits per heavy atom. The lowest BCUT2D eigenvalue weighted by Crippen LogP contribution is -2.53. The number of rotatable bonds is 6. The van der Waals surface area contributed by atoms with Crippen LogP contribution in [0.25, 0.3) is 0 Å². The maximum absolute atomic E-state index is 13.8. The molecule has 1 aliphatic rings. The zero-order chi connectivity index (χ0) is 20.1. The molecule has 8 heteroatoms. The number of benzene rings is 1. The first-order chi connectivity index (χ1) is 13.5. The third kappa shape index (κ3) is 4.69. The number of hydrogen-bond acceptors (Lipinski definition) is 5. The van der Waals surface area contributed by atoms with Crippen molar-refractivity contribution in [3.8, 4) is 5.75 Å². The van der Waals surface area contributed by atoms with E-state index in [1.807, 2.05) is 6.07 Å². The summed E-state index contributed by atoms with van der Waals surface area (Å²) in [4.78, 5) is 28.5. The molecule has 0 saturated carbocycles. The molecule has 1 saturated heterocycles. The van der Waals surface area contributed by atoms with Crippen molar-refractivity contribution >= 4 is 11.8 Å². The van der Waals surface area contributed by atoms with Crippen molar-refractivity contribution in [3.63, 3.8) is 0 Å². The van der Waals surface area contributed by atoms with E-state index < -0.39 is 6.04 Å². The van der Waals surface area contributed by atoms with Gasteiger partial charge in [0.2, 0.25) is 5.91 Å². The van der Waals surface area contributed by atoms with Crippen LogP contribution in [0.4, 0.5) is 4.39 Å². The number of furan rings is 1. The molecule has 3 rings (SSSR count). The lowest BCUT2D eigenvalue weighted by molar-refractivity contribution is -0.134. The molecule has 1 N–H and O–H groups in total. The number of amides is 2. The van der Waals surface area contributed by atoms with Crippen molar-refractivity contribution < 1.29 is 23.1 Å². The van der Waals surface area contributed by atoms with Crippen molar-refractivity contribution in [1.82, 2.24) is 15.1 Å². The van der Waals surface area contributed by atoms with Crippen LogP contribution in [0.3, 0.4) is 0 Å². The van der Waals surface area contributed by atoms with Crippen LogP contribution in [-0.2, 0) is 11.3 Å². The van der Waals surface area contributed by atoms with Gasteiger partial charge >= 0.3 is 0 Å². The van der Waals surface area contributed by atoms with Gasteiger partial charge in [0.15, 0.2) is 11.6 Å². The van der Waals surface area contributed by atoms with Gasteiger partial charge in [-0.3, -0.25) is 14.5 Å². The molecule has 2 aromatic rings. The summed E-state index contributed by atoms with van der Waals surface area (Å²) < 4.78 is 23.6. The van der Waals surface area contributed by atoms with Crippen molar-refractivity contribution in [2.75, 3.05) is 33.3 Å². The van der Waals surface area contributed by atoms with Crippen molar-refractivity contribution in [3.05, 3.63) is 53.7 Å². The normalized spacial score (nSPS) is 15.9. The van der Waals surface area contributed by atoms with Crippen LogP contribution in [0.15, 0.2) is 41.2 Å². The molecule has 1 aromatic carbocycles. The molecule has 0 unspecified atom stereocenters. The van der Waals surface area contributed by atoms with Gasteiger partial charge in [0.25, 0.3) is 5.91 Å². The summed E-state index contributed by atoms with van der Waals surface area (Å²) in [5.41, 5.74) is 1.25. The third-order valence-electron chi connectivity index (χ3n) is 4.81. The van der Waals surface area contributed by atoms with Crippen LogP contribution >= 0.6 is 0 Å². The largest absolute Gasteiger partial charge is 0.494 e. The number of ether oxygens (including phenoxy) is 1. The molecule has 150 valence electrons. The van der Waals surface area contributed by atoms with E-state index in [9.17, 15) is 14.0 Å². The summed E-state index contributed by atoms with van der Waals surface area (Å²) in [6.45, 7) is 4.76. The molecule has 0 radical (unpaired) electrons. The molecule has 1 atom stereocenters. The molecule has 2 heterocycles. The molecule has 1 aliphatic heterocycles. The second-order valence-corrected chi connectivity index (χ2v) is 6.78. The summed E-state index contributed by atoms with van der Waals surface area (Å²) in [6, 6.07) is 5.86. The Morgan fingerprint density at radius 2 is 2.00 bits per heavy atom. The zero-order valence-electron chi connectivity index (χ0n) is 16.0. The van der Waals surface area contributed by atoms with E-state index in [1.165, 1.54) is 25.7 Å². The van der Waals surface area contributed by atoms with Crippen LogP contribution in [0, 0.1) is 5.82 Å². The Bertz CT molecular complexity index is 817. The maximum atomic E-state index is 13.8. The topological polar surface area (TPSA) is 75.0 Å². The zero-order valence-corrected chi connectivity index (χ0v) is 16.0. The molecule has 2 amide bonds. The maximum Gasteiger partial charge on any atom is 0.255 e. The lowest BCUT2D eigenvalue weighted by atomic mass is 10.1. The Hall–Kier alpha value is -2.87. The average Bonchev–Trinajstić information content (AvgIpc) is 3.23. The van der Waals surface area contributed by atoms with Gasteiger partial charge in [-0.05, 0) is 30.7 Å². The average molecular weight is 389 g/mol. The lowest BCUT2D eigenvalue weighted by Gasteiger charge is -2.36. The van der Waals surface area contributed by atoms with Gasteiger partial charge in [-0.25, -0.2) is 4.39 Å². The van der Waals surface area contributed by atoms with Crippen LogP contribution in [0.5, 0.6) is 5.75 Å². The van der Waals surface area contributed by atoms with E-state index in [0.29, 0.717) is 38.3 Å². The predicted octanol–water partition coefficient (Wildman–Crippen LogP) is 1.89. The minimum atomic E-state index is -0.621. The van der Waals surface area contributed by atoms with Crippen LogP contribution in [0.2, 0.25) is 0 Å². The first-order valence-corrected chi connectivity index (χ1v) is 9.14. The van der Waals surface area contributed by atoms with Crippen LogP contribution < -0.4 is 10.1 Å². The van der Waals surface area contributed by atoms with Gasteiger partial charge in [-0.2, -0.15) is 0 Å². The summed E-state index contributed by atoms with van der Waals surface area (Å²) in [5.74, 6) is -0.608. The van der Waals surface area contributed by atoms with E-state index in [4.69, 9.17) is 9.15 Å². The molecule has 1 aromatic heterocycles. The van der Waals surface area contributed by atoms with E-state index >= 15 is 0 Å². The van der Waals surface area contributed by atoms with Gasteiger partial charge in [-0.1, -0.05) is 6.07 Å². The molecule has 0 aliphatic carbocycles. The van der Waals surface area contributed by atoms with Gasteiger partial charge in [0.1, 0.15) is 12.3 Å². The Morgan fingerprint density at radius 1 is 1.25 bits per heavy atom. The first kappa shape index (κ1) is 19.9.